The van der Waals surface area contributed by atoms with E-state index in [2.05, 4.69) is 75.7 Å². The molecule has 2 aromatic carbocycles. The molecule has 0 radical (unpaired) electrons. The molecule has 0 atom stereocenters. The Bertz CT molecular complexity index is 749. The first-order valence-corrected chi connectivity index (χ1v) is 7.91. The molecule has 3 rings (SSSR count). The lowest BCUT2D eigenvalue weighted by Gasteiger charge is -2.16. The summed E-state index contributed by atoms with van der Waals surface area (Å²) in [5, 5.41) is 7.07. The van der Waals surface area contributed by atoms with Gasteiger partial charge in [-0.25, -0.2) is 4.98 Å². The van der Waals surface area contributed by atoms with Crippen LogP contribution < -0.4 is 0 Å². The molecule has 1 heterocycles. The van der Waals surface area contributed by atoms with E-state index < -0.39 is 0 Å². The van der Waals surface area contributed by atoms with E-state index >= 15 is 0 Å². The highest BCUT2D eigenvalue weighted by atomic mass is 15.2. The first-order chi connectivity index (χ1) is 11.2. The third-order valence-electron chi connectivity index (χ3n) is 3.85. The molecule has 4 heteroatoms. The van der Waals surface area contributed by atoms with Crippen molar-refractivity contribution in [2.45, 2.75) is 19.9 Å². The van der Waals surface area contributed by atoms with Crippen molar-refractivity contribution in [1.29, 1.82) is 0 Å². The van der Waals surface area contributed by atoms with Crippen LogP contribution in [0.15, 0.2) is 54.6 Å². The van der Waals surface area contributed by atoms with Crippen LogP contribution in [0.1, 0.15) is 17.2 Å². The minimum absolute atomic E-state index is 0.860. The summed E-state index contributed by atoms with van der Waals surface area (Å²) in [6.07, 6.45) is 0.860. The van der Waals surface area contributed by atoms with Gasteiger partial charge in [0.25, 0.3) is 0 Å². The minimum Gasteiger partial charge on any atom is -0.302 e. The molecule has 0 fully saturated rings. The molecule has 0 aliphatic rings. The summed E-state index contributed by atoms with van der Waals surface area (Å²) in [6.45, 7) is 3.78. The van der Waals surface area contributed by atoms with E-state index in [-0.39, 0.29) is 0 Å². The van der Waals surface area contributed by atoms with Crippen LogP contribution in [0, 0.1) is 6.92 Å². The van der Waals surface area contributed by atoms with E-state index in [1.165, 1.54) is 16.7 Å². The normalized spacial score (nSPS) is 11.1. The van der Waals surface area contributed by atoms with Crippen LogP contribution in [0.25, 0.3) is 11.1 Å². The average Bonchev–Trinajstić information content (AvgIpc) is 3.00. The topological polar surface area (TPSA) is 44.8 Å². The van der Waals surface area contributed by atoms with E-state index in [0.29, 0.717) is 0 Å². The zero-order valence-electron chi connectivity index (χ0n) is 13.7. The molecular weight excluding hydrogens is 284 g/mol. The van der Waals surface area contributed by atoms with Gasteiger partial charge in [0.15, 0.2) is 5.82 Å². The van der Waals surface area contributed by atoms with Gasteiger partial charge in [-0.2, -0.15) is 5.10 Å². The monoisotopic (exact) mass is 306 g/mol. The van der Waals surface area contributed by atoms with Crippen LogP contribution in [-0.4, -0.2) is 33.7 Å². The Morgan fingerprint density at radius 3 is 2.52 bits per heavy atom. The lowest BCUT2D eigenvalue weighted by atomic mass is 10.0. The fourth-order valence-electron chi connectivity index (χ4n) is 2.66. The number of aromatic nitrogens is 3. The molecule has 0 aliphatic carbocycles. The quantitative estimate of drug-likeness (QED) is 0.758. The molecule has 118 valence electrons. The van der Waals surface area contributed by atoms with Crippen molar-refractivity contribution >= 4 is 0 Å². The van der Waals surface area contributed by atoms with Crippen LogP contribution in [0.4, 0.5) is 0 Å². The Hall–Kier alpha value is -2.46. The maximum atomic E-state index is 4.35. The maximum absolute atomic E-state index is 4.35. The minimum atomic E-state index is 0.860. The SMILES string of the molecule is Cc1nc(CCN(C)Cc2cccc(-c3ccccc3)c2)n[nH]1. The number of hydrogen-bond donors (Lipinski definition) is 1. The molecule has 0 amide bonds. The fraction of sp³-hybridized carbons (Fsp3) is 0.263. The standard InChI is InChI=1S/C19H22N4/c1-15-20-19(22-21-15)11-12-23(2)14-16-7-6-10-18(13-16)17-8-4-3-5-9-17/h3-10,13H,11-12,14H2,1-2H3,(H,20,21,22). The van der Waals surface area contributed by atoms with Crippen LogP contribution in [-0.2, 0) is 13.0 Å². The third-order valence-corrected chi connectivity index (χ3v) is 3.85. The third kappa shape index (κ3) is 4.27. The van der Waals surface area contributed by atoms with Crippen molar-refractivity contribution in [1.82, 2.24) is 20.1 Å². The number of hydrogen-bond acceptors (Lipinski definition) is 3. The number of H-pyrrole nitrogens is 1. The van der Waals surface area contributed by atoms with Crippen molar-refractivity contribution in [2.75, 3.05) is 13.6 Å². The number of aromatic amines is 1. The smallest absolute Gasteiger partial charge is 0.151 e. The number of rotatable bonds is 6. The van der Waals surface area contributed by atoms with Gasteiger partial charge in [-0.3, -0.25) is 5.10 Å². The Balaban J connectivity index is 1.61. The molecular formula is C19H22N4. The van der Waals surface area contributed by atoms with Crippen LogP contribution in [0.2, 0.25) is 0 Å². The van der Waals surface area contributed by atoms with Gasteiger partial charge < -0.3 is 4.90 Å². The van der Waals surface area contributed by atoms with E-state index in [9.17, 15) is 0 Å². The Labute approximate surface area is 137 Å². The average molecular weight is 306 g/mol. The van der Waals surface area contributed by atoms with E-state index in [1.54, 1.807) is 0 Å². The van der Waals surface area contributed by atoms with Gasteiger partial charge in [0, 0.05) is 19.5 Å². The summed E-state index contributed by atoms with van der Waals surface area (Å²) in [7, 11) is 2.13. The van der Waals surface area contributed by atoms with Gasteiger partial charge >= 0.3 is 0 Å². The molecule has 3 aromatic rings. The second kappa shape index (κ2) is 7.20. The highest BCUT2D eigenvalue weighted by Gasteiger charge is 2.05. The lowest BCUT2D eigenvalue weighted by Crippen LogP contribution is -2.21. The largest absolute Gasteiger partial charge is 0.302 e. The molecule has 0 saturated carbocycles. The Morgan fingerprint density at radius 2 is 1.78 bits per heavy atom. The summed E-state index contributed by atoms with van der Waals surface area (Å²) >= 11 is 0. The number of nitrogens with one attached hydrogen (secondary N) is 1. The predicted octanol–water partition coefficient (Wildman–Crippen LogP) is 3.45. The first-order valence-electron chi connectivity index (χ1n) is 7.91. The summed E-state index contributed by atoms with van der Waals surface area (Å²) < 4.78 is 0. The molecule has 4 nitrogen and oxygen atoms in total. The van der Waals surface area contributed by atoms with E-state index in [4.69, 9.17) is 0 Å². The van der Waals surface area contributed by atoms with E-state index in [1.807, 2.05) is 13.0 Å². The van der Waals surface area contributed by atoms with Gasteiger partial charge in [0.1, 0.15) is 5.82 Å². The van der Waals surface area contributed by atoms with Crippen molar-refractivity contribution in [3.05, 3.63) is 71.8 Å². The van der Waals surface area contributed by atoms with E-state index in [0.717, 1.165) is 31.2 Å². The molecule has 1 aromatic heterocycles. The number of nitrogens with zero attached hydrogens (tertiary/aromatic N) is 3. The molecule has 1 N–H and O–H groups in total. The zero-order valence-corrected chi connectivity index (χ0v) is 13.7. The molecule has 0 spiro atoms. The summed E-state index contributed by atoms with van der Waals surface area (Å²) in [6, 6.07) is 19.2. The van der Waals surface area contributed by atoms with Crippen molar-refractivity contribution < 1.29 is 0 Å². The highest BCUT2D eigenvalue weighted by molar-refractivity contribution is 5.63. The highest BCUT2D eigenvalue weighted by Crippen LogP contribution is 2.20. The summed E-state index contributed by atoms with van der Waals surface area (Å²) in [5.74, 6) is 1.76. The summed E-state index contributed by atoms with van der Waals surface area (Å²) in [5.41, 5.74) is 3.84. The van der Waals surface area contributed by atoms with Gasteiger partial charge in [-0.1, -0.05) is 48.5 Å². The lowest BCUT2D eigenvalue weighted by molar-refractivity contribution is 0.329. The van der Waals surface area contributed by atoms with Crippen molar-refractivity contribution in [2.24, 2.45) is 0 Å². The zero-order chi connectivity index (χ0) is 16.1. The number of likely N-dealkylation sites (N-methyl/N-ethyl adjacent to an activating group) is 1. The van der Waals surface area contributed by atoms with Gasteiger partial charge in [-0.15, -0.1) is 0 Å². The van der Waals surface area contributed by atoms with Crippen LogP contribution in [0.5, 0.6) is 0 Å². The molecule has 0 saturated heterocycles. The number of benzene rings is 2. The second-order valence-corrected chi connectivity index (χ2v) is 5.89. The van der Waals surface area contributed by atoms with Gasteiger partial charge in [-0.05, 0) is 36.7 Å². The molecule has 0 aliphatic heterocycles. The van der Waals surface area contributed by atoms with Crippen molar-refractivity contribution in [3.63, 3.8) is 0 Å². The maximum Gasteiger partial charge on any atom is 0.151 e. The molecule has 0 bridgehead atoms. The van der Waals surface area contributed by atoms with Crippen LogP contribution >= 0.6 is 0 Å². The van der Waals surface area contributed by atoms with Gasteiger partial charge in [0.05, 0.1) is 0 Å². The number of aryl methyl sites for hydroxylation is 1. The predicted molar refractivity (Wildman–Crippen MR) is 93.0 cm³/mol. The van der Waals surface area contributed by atoms with Gasteiger partial charge in [0.2, 0.25) is 0 Å². The first kappa shape index (κ1) is 15.4. The fourth-order valence-corrected chi connectivity index (χ4v) is 2.66. The summed E-state index contributed by atoms with van der Waals surface area (Å²) in [4.78, 5) is 6.65. The molecule has 0 unspecified atom stereocenters. The Kier molecular flexibility index (Phi) is 4.83. The van der Waals surface area contributed by atoms with Crippen molar-refractivity contribution in [3.8, 4) is 11.1 Å². The molecule has 23 heavy (non-hydrogen) atoms. The Morgan fingerprint density at radius 1 is 1.00 bits per heavy atom. The second-order valence-electron chi connectivity index (χ2n) is 5.89. The van der Waals surface area contributed by atoms with Crippen LogP contribution in [0.3, 0.4) is 0 Å².